The van der Waals surface area contributed by atoms with Crippen LogP contribution in [0.25, 0.3) is 10.8 Å². The van der Waals surface area contributed by atoms with Gasteiger partial charge in [-0.05, 0) is 0 Å². The number of nitrogens with one attached hydrogen (secondary N) is 1. The lowest BCUT2D eigenvalue weighted by atomic mass is 10.2. The number of carbonyl (C=O) groups is 1. The molecule has 1 heterocycles. The van der Waals surface area contributed by atoms with Crippen molar-refractivity contribution in [3.63, 3.8) is 0 Å². The number of hydrogen-bond donors (Lipinski definition) is 1. The molecule has 0 aliphatic carbocycles. The first-order chi connectivity index (χ1) is 9.77. The minimum absolute atomic E-state index is 0.143. The predicted octanol–water partition coefficient (Wildman–Crippen LogP) is 3.27. The SMILES string of the molecule is CC(=O)Nc1nncc2ccccc12.c1ccccc1. The molecule has 0 aliphatic rings. The molecule has 3 rings (SSSR count). The summed E-state index contributed by atoms with van der Waals surface area (Å²) in [4.78, 5) is 10.9. The molecule has 1 amide bonds. The number of rotatable bonds is 1. The molecule has 3 aromatic rings. The van der Waals surface area contributed by atoms with Crippen molar-refractivity contribution in [2.24, 2.45) is 0 Å². The van der Waals surface area contributed by atoms with Crippen LogP contribution in [-0.4, -0.2) is 16.1 Å². The summed E-state index contributed by atoms with van der Waals surface area (Å²) in [6.45, 7) is 1.45. The number of fused-ring (bicyclic) bond motifs is 1. The molecule has 0 bridgehead atoms. The van der Waals surface area contributed by atoms with Crippen molar-refractivity contribution in [3.8, 4) is 0 Å². The van der Waals surface area contributed by atoms with Crippen LogP contribution in [0.3, 0.4) is 0 Å². The standard InChI is InChI=1S/C10H9N3O.C6H6/c1-7(14)12-10-9-5-3-2-4-8(9)6-11-13-10;1-2-4-6-5-3-1/h2-6H,1H3,(H,12,13,14);1-6H. The Morgan fingerprint density at radius 3 is 2.15 bits per heavy atom. The smallest absolute Gasteiger partial charge is 0.222 e. The van der Waals surface area contributed by atoms with E-state index < -0.39 is 0 Å². The summed E-state index contributed by atoms with van der Waals surface area (Å²) in [7, 11) is 0. The number of nitrogens with zero attached hydrogens (tertiary/aromatic N) is 2. The van der Waals surface area contributed by atoms with Crippen LogP contribution in [0.2, 0.25) is 0 Å². The van der Waals surface area contributed by atoms with Gasteiger partial charge in [0.05, 0.1) is 6.20 Å². The topological polar surface area (TPSA) is 54.9 Å². The minimum Gasteiger partial charge on any atom is -0.309 e. The lowest BCUT2D eigenvalue weighted by molar-refractivity contribution is -0.114. The van der Waals surface area contributed by atoms with E-state index in [0.717, 1.165) is 10.8 Å². The van der Waals surface area contributed by atoms with E-state index in [1.54, 1.807) is 6.20 Å². The Kier molecular flexibility index (Phi) is 4.78. The van der Waals surface area contributed by atoms with Crippen molar-refractivity contribution in [1.82, 2.24) is 10.2 Å². The summed E-state index contributed by atoms with van der Waals surface area (Å²) in [5, 5.41) is 12.2. The first kappa shape index (κ1) is 13.7. The lowest BCUT2D eigenvalue weighted by Gasteiger charge is -2.03. The fourth-order valence-electron chi connectivity index (χ4n) is 1.67. The molecule has 0 saturated heterocycles. The van der Waals surface area contributed by atoms with Crippen LogP contribution in [0.5, 0.6) is 0 Å². The van der Waals surface area contributed by atoms with Gasteiger partial charge in [0.2, 0.25) is 5.91 Å². The third kappa shape index (κ3) is 3.88. The summed E-state index contributed by atoms with van der Waals surface area (Å²) < 4.78 is 0. The van der Waals surface area contributed by atoms with E-state index in [-0.39, 0.29) is 5.91 Å². The van der Waals surface area contributed by atoms with Gasteiger partial charge in [0.15, 0.2) is 5.82 Å². The van der Waals surface area contributed by atoms with Crippen molar-refractivity contribution in [2.75, 3.05) is 5.32 Å². The second kappa shape index (κ2) is 6.99. The van der Waals surface area contributed by atoms with Crippen molar-refractivity contribution < 1.29 is 4.79 Å². The van der Waals surface area contributed by atoms with Gasteiger partial charge in [-0.2, -0.15) is 5.10 Å². The Balaban J connectivity index is 0.000000205. The molecule has 0 spiro atoms. The average molecular weight is 265 g/mol. The van der Waals surface area contributed by atoms with Crippen LogP contribution >= 0.6 is 0 Å². The Labute approximate surface area is 117 Å². The van der Waals surface area contributed by atoms with E-state index in [0.29, 0.717) is 5.82 Å². The van der Waals surface area contributed by atoms with E-state index in [1.807, 2.05) is 60.7 Å². The number of amides is 1. The van der Waals surface area contributed by atoms with Crippen molar-refractivity contribution >= 4 is 22.5 Å². The highest BCUT2D eigenvalue weighted by atomic mass is 16.1. The maximum atomic E-state index is 10.9. The van der Waals surface area contributed by atoms with E-state index >= 15 is 0 Å². The van der Waals surface area contributed by atoms with Crippen molar-refractivity contribution in [2.45, 2.75) is 6.92 Å². The maximum Gasteiger partial charge on any atom is 0.222 e. The summed E-state index contributed by atoms with van der Waals surface area (Å²) in [6.07, 6.45) is 1.67. The third-order valence-electron chi connectivity index (χ3n) is 2.53. The molecule has 0 aliphatic heterocycles. The lowest BCUT2D eigenvalue weighted by Crippen LogP contribution is -2.08. The first-order valence-corrected chi connectivity index (χ1v) is 6.25. The van der Waals surface area contributed by atoms with Gasteiger partial charge in [-0.1, -0.05) is 60.7 Å². The van der Waals surface area contributed by atoms with Gasteiger partial charge in [0, 0.05) is 17.7 Å². The number of anilines is 1. The van der Waals surface area contributed by atoms with Gasteiger partial charge in [0.1, 0.15) is 0 Å². The highest BCUT2D eigenvalue weighted by Crippen LogP contribution is 2.18. The maximum absolute atomic E-state index is 10.9. The molecule has 4 heteroatoms. The quantitative estimate of drug-likeness (QED) is 0.734. The van der Waals surface area contributed by atoms with Gasteiger partial charge in [-0.3, -0.25) is 4.79 Å². The molecular weight excluding hydrogens is 250 g/mol. The Hall–Kier alpha value is -2.75. The predicted molar refractivity (Wildman–Crippen MR) is 80.3 cm³/mol. The Morgan fingerprint density at radius 1 is 0.950 bits per heavy atom. The molecule has 4 nitrogen and oxygen atoms in total. The summed E-state index contributed by atoms with van der Waals surface area (Å²) in [5.41, 5.74) is 0. The second-order valence-corrected chi connectivity index (χ2v) is 4.12. The summed E-state index contributed by atoms with van der Waals surface area (Å²) in [6, 6.07) is 19.6. The monoisotopic (exact) mass is 265 g/mol. The van der Waals surface area contributed by atoms with Crippen molar-refractivity contribution in [3.05, 3.63) is 66.9 Å². The van der Waals surface area contributed by atoms with Crippen LogP contribution < -0.4 is 5.32 Å². The average Bonchev–Trinajstić information content (AvgIpc) is 2.50. The number of hydrogen-bond acceptors (Lipinski definition) is 3. The first-order valence-electron chi connectivity index (χ1n) is 6.25. The zero-order chi connectivity index (χ0) is 14.2. The van der Waals surface area contributed by atoms with Gasteiger partial charge in [0.25, 0.3) is 0 Å². The Morgan fingerprint density at radius 2 is 1.55 bits per heavy atom. The molecule has 100 valence electrons. The highest BCUT2D eigenvalue weighted by molar-refractivity contribution is 5.98. The normalized spacial score (nSPS) is 9.45. The van der Waals surface area contributed by atoms with E-state index in [2.05, 4.69) is 15.5 Å². The molecule has 0 fully saturated rings. The van der Waals surface area contributed by atoms with E-state index in [4.69, 9.17) is 0 Å². The van der Waals surface area contributed by atoms with Crippen molar-refractivity contribution in [1.29, 1.82) is 0 Å². The summed E-state index contributed by atoms with van der Waals surface area (Å²) in [5.74, 6) is 0.367. The molecule has 1 aromatic heterocycles. The second-order valence-electron chi connectivity index (χ2n) is 4.12. The van der Waals surface area contributed by atoms with Crippen LogP contribution in [0, 0.1) is 0 Å². The zero-order valence-electron chi connectivity index (χ0n) is 11.2. The minimum atomic E-state index is -0.143. The highest BCUT2D eigenvalue weighted by Gasteiger charge is 2.03. The molecule has 20 heavy (non-hydrogen) atoms. The van der Waals surface area contributed by atoms with Crippen LogP contribution in [0.15, 0.2) is 66.9 Å². The molecule has 0 radical (unpaired) electrons. The molecule has 0 atom stereocenters. The third-order valence-corrected chi connectivity index (χ3v) is 2.53. The molecule has 0 unspecified atom stereocenters. The van der Waals surface area contributed by atoms with E-state index in [9.17, 15) is 4.79 Å². The van der Waals surface area contributed by atoms with Gasteiger partial charge in [-0.15, -0.1) is 5.10 Å². The zero-order valence-corrected chi connectivity index (χ0v) is 11.2. The molecule has 2 aromatic carbocycles. The van der Waals surface area contributed by atoms with E-state index in [1.165, 1.54) is 6.92 Å². The summed E-state index contributed by atoms with van der Waals surface area (Å²) >= 11 is 0. The van der Waals surface area contributed by atoms with Gasteiger partial charge >= 0.3 is 0 Å². The number of benzene rings is 2. The fourth-order valence-corrected chi connectivity index (χ4v) is 1.67. The van der Waals surface area contributed by atoms with Crippen LogP contribution in [-0.2, 0) is 4.79 Å². The molecular formula is C16H15N3O. The molecule has 0 saturated carbocycles. The van der Waals surface area contributed by atoms with Crippen LogP contribution in [0.4, 0.5) is 5.82 Å². The van der Waals surface area contributed by atoms with Gasteiger partial charge in [-0.25, -0.2) is 0 Å². The number of aromatic nitrogens is 2. The molecule has 1 N–H and O–H groups in total. The Bertz CT molecular complexity index is 651. The largest absolute Gasteiger partial charge is 0.309 e. The van der Waals surface area contributed by atoms with Crippen LogP contribution in [0.1, 0.15) is 6.92 Å². The number of carbonyl (C=O) groups excluding carboxylic acids is 1. The fraction of sp³-hybridized carbons (Fsp3) is 0.0625. The van der Waals surface area contributed by atoms with Gasteiger partial charge < -0.3 is 5.32 Å².